The highest BCUT2D eigenvalue weighted by molar-refractivity contribution is 8.00. The Morgan fingerprint density at radius 1 is 1.50 bits per heavy atom. The Balaban J connectivity index is 0.00000320. The number of anilines is 1. The molecule has 0 aromatic carbocycles. The number of nitrogen functional groups attached to an aromatic ring is 1. The summed E-state index contributed by atoms with van der Waals surface area (Å²) in [5, 5.41) is 16.5. The van der Waals surface area contributed by atoms with Crippen LogP contribution in [0.15, 0.2) is 34.5 Å². The first kappa shape index (κ1) is 23.4. The number of amides is 2. The van der Waals surface area contributed by atoms with Crippen LogP contribution in [0.4, 0.5) is 5.13 Å². The summed E-state index contributed by atoms with van der Waals surface area (Å²) in [6.07, 6.45) is 1.39. The summed E-state index contributed by atoms with van der Waals surface area (Å²) < 4.78 is 0. The van der Waals surface area contributed by atoms with Crippen molar-refractivity contribution in [3.8, 4) is 0 Å². The van der Waals surface area contributed by atoms with Crippen molar-refractivity contribution in [3.05, 3.63) is 35.0 Å². The summed E-state index contributed by atoms with van der Waals surface area (Å²) in [4.78, 5) is 57.4. The molecule has 3 heterocycles. The van der Waals surface area contributed by atoms with Crippen molar-refractivity contribution >= 4 is 70.1 Å². The number of halogens is 1. The van der Waals surface area contributed by atoms with Gasteiger partial charge in [0.15, 0.2) is 10.8 Å². The second-order valence-electron chi connectivity index (χ2n) is 5.84. The topological polar surface area (TPSA) is 164 Å². The lowest BCUT2D eigenvalue weighted by atomic mass is 10.0. The van der Waals surface area contributed by atoms with Crippen molar-refractivity contribution < 1.29 is 29.1 Å². The van der Waals surface area contributed by atoms with E-state index in [1.54, 1.807) is 0 Å². The Morgan fingerprint density at radius 3 is 2.73 bits per heavy atom. The Morgan fingerprint density at radius 2 is 2.20 bits per heavy atom. The number of allylic oxidation sites excluding steroid dienone is 1. The van der Waals surface area contributed by atoms with Gasteiger partial charge in [-0.2, -0.15) is 0 Å². The highest BCUT2D eigenvalue weighted by atomic mass is 35.5. The van der Waals surface area contributed by atoms with Gasteiger partial charge in [-0.1, -0.05) is 17.8 Å². The molecule has 160 valence electrons. The molecule has 1 aromatic heterocycles. The number of carboxylic acid groups (broad SMARTS) is 1. The molecule has 30 heavy (non-hydrogen) atoms. The van der Waals surface area contributed by atoms with Gasteiger partial charge in [0.05, 0.1) is 0 Å². The van der Waals surface area contributed by atoms with Crippen LogP contribution in [-0.4, -0.2) is 61.6 Å². The molecule has 0 spiro atoms. The molecule has 3 rings (SSSR count). The van der Waals surface area contributed by atoms with E-state index in [9.17, 15) is 24.3 Å². The molecule has 0 bridgehead atoms. The van der Waals surface area contributed by atoms with Gasteiger partial charge in [-0.15, -0.1) is 35.5 Å². The number of aromatic nitrogens is 1. The van der Waals surface area contributed by atoms with E-state index in [2.05, 4.69) is 26.9 Å². The third kappa shape index (κ3) is 4.32. The molecular weight excluding hydrogens is 458 g/mol. The molecule has 14 heteroatoms. The molecule has 2 aliphatic heterocycles. The SMILES string of the molecule is C=CC1=C(C(=O)O)N2C(=O)[C@@H](NC(=O)/C(=N/OC(C)=O)c3csc(N)n3)[C@H]2SC1.Cl. The summed E-state index contributed by atoms with van der Waals surface area (Å²) in [5.41, 5.74) is 5.58. The number of nitrogens with two attached hydrogens (primary N) is 1. The first-order valence-corrected chi connectivity index (χ1v) is 9.98. The maximum Gasteiger partial charge on any atom is 0.352 e. The quantitative estimate of drug-likeness (QED) is 0.228. The van der Waals surface area contributed by atoms with Gasteiger partial charge < -0.3 is 21.0 Å². The van der Waals surface area contributed by atoms with Gasteiger partial charge in [0.2, 0.25) is 0 Å². The molecule has 11 nitrogen and oxygen atoms in total. The molecule has 0 aliphatic carbocycles. The van der Waals surface area contributed by atoms with Gasteiger partial charge in [0, 0.05) is 18.1 Å². The van der Waals surface area contributed by atoms with E-state index in [-0.39, 0.29) is 34.6 Å². The molecule has 1 fully saturated rings. The van der Waals surface area contributed by atoms with E-state index in [0.29, 0.717) is 11.3 Å². The Labute approximate surface area is 184 Å². The Hall–Kier alpha value is -2.90. The zero-order valence-corrected chi connectivity index (χ0v) is 17.8. The number of rotatable bonds is 6. The number of aliphatic carboxylic acids is 1. The fourth-order valence-electron chi connectivity index (χ4n) is 2.72. The molecule has 0 saturated carbocycles. The van der Waals surface area contributed by atoms with Crippen LogP contribution in [0.25, 0.3) is 0 Å². The van der Waals surface area contributed by atoms with Gasteiger partial charge in [-0.3, -0.25) is 14.5 Å². The number of carboxylic acids is 1. The van der Waals surface area contributed by atoms with E-state index in [1.807, 2.05) is 0 Å². The molecule has 4 N–H and O–H groups in total. The van der Waals surface area contributed by atoms with Crippen LogP contribution in [0.2, 0.25) is 0 Å². The third-order valence-corrected chi connectivity index (χ3v) is 5.95. The van der Waals surface area contributed by atoms with Crippen molar-refractivity contribution in [3.63, 3.8) is 0 Å². The number of nitrogens with one attached hydrogen (secondary N) is 1. The number of carbonyl (C=O) groups excluding carboxylic acids is 3. The van der Waals surface area contributed by atoms with E-state index in [4.69, 9.17) is 5.73 Å². The lowest BCUT2D eigenvalue weighted by Crippen LogP contribution is -2.71. The minimum atomic E-state index is -1.25. The van der Waals surface area contributed by atoms with Crippen molar-refractivity contribution in [2.45, 2.75) is 18.3 Å². The van der Waals surface area contributed by atoms with E-state index < -0.39 is 35.2 Å². The molecule has 2 aliphatic rings. The number of hydrogen-bond donors (Lipinski definition) is 3. The fourth-order valence-corrected chi connectivity index (χ4v) is 4.61. The lowest BCUT2D eigenvalue weighted by molar-refractivity contribution is -0.150. The molecule has 2 atom stereocenters. The molecule has 1 saturated heterocycles. The lowest BCUT2D eigenvalue weighted by Gasteiger charge is -2.49. The highest BCUT2D eigenvalue weighted by Crippen LogP contribution is 2.40. The molecule has 0 radical (unpaired) electrons. The summed E-state index contributed by atoms with van der Waals surface area (Å²) in [5.74, 6) is -3.08. The van der Waals surface area contributed by atoms with Crippen molar-refractivity contribution in [2.24, 2.45) is 5.16 Å². The zero-order chi connectivity index (χ0) is 21.3. The average Bonchev–Trinajstić information content (AvgIpc) is 3.10. The van der Waals surface area contributed by atoms with Crippen LogP contribution in [0, 0.1) is 0 Å². The molecule has 0 unspecified atom stereocenters. The van der Waals surface area contributed by atoms with Gasteiger partial charge in [-0.05, 0) is 5.57 Å². The summed E-state index contributed by atoms with van der Waals surface area (Å²) >= 11 is 2.34. The third-order valence-electron chi connectivity index (χ3n) is 3.98. The number of carbonyl (C=O) groups is 4. The first-order chi connectivity index (χ1) is 13.7. The van der Waals surface area contributed by atoms with Crippen LogP contribution >= 0.6 is 35.5 Å². The fraction of sp³-hybridized carbons (Fsp3) is 0.250. The minimum absolute atomic E-state index is 0. The minimum Gasteiger partial charge on any atom is -0.477 e. The predicted octanol–water partition coefficient (Wildman–Crippen LogP) is 0.339. The molecule has 2 amide bonds. The number of β-lactam (4-membered cyclic amide) rings is 1. The van der Waals surface area contributed by atoms with Crippen molar-refractivity contribution in [1.82, 2.24) is 15.2 Å². The smallest absolute Gasteiger partial charge is 0.352 e. The van der Waals surface area contributed by atoms with Gasteiger partial charge in [-0.25, -0.2) is 14.6 Å². The van der Waals surface area contributed by atoms with Crippen LogP contribution < -0.4 is 11.1 Å². The van der Waals surface area contributed by atoms with Crippen LogP contribution in [0.1, 0.15) is 12.6 Å². The molecular formula is C16H16ClN5O6S2. The maximum atomic E-state index is 12.7. The van der Waals surface area contributed by atoms with E-state index >= 15 is 0 Å². The standard InChI is InChI=1S/C16H15N5O6S2.ClH/c1-3-7-4-28-14-10(13(24)21(14)11(7)15(25)26)19-12(23)9(20-27-6(2)22)8-5-29-16(17)18-8;/h3,5,10,14H,1,4H2,2H3,(H2,17,18)(H,19,23)(H,25,26);1H/b20-9+;/t10-,14-;/m1./s1. The summed E-state index contributed by atoms with van der Waals surface area (Å²) in [6, 6.07) is -0.980. The van der Waals surface area contributed by atoms with Gasteiger partial charge in [0.25, 0.3) is 11.8 Å². The van der Waals surface area contributed by atoms with Crippen LogP contribution in [0.3, 0.4) is 0 Å². The number of thiazole rings is 1. The molecule has 1 aromatic rings. The largest absolute Gasteiger partial charge is 0.477 e. The summed E-state index contributed by atoms with van der Waals surface area (Å²) in [7, 11) is 0. The first-order valence-electron chi connectivity index (χ1n) is 8.06. The average molecular weight is 474 g/mol. The van der Waals surface area contributed by atoms with Crippen LogP contribution in [-0.2, 0) is 24.0 Å². The predicted molar refractivity (Wildman–Crippen MR) is 112 cm³/mol. The zero-order valence-electron chi connectivity index (χ0n) is 15.4. The Kier molecular flexibility index (Phi) is 7.23. The highest BCUT2D eigenvalue weighted by Gasteiger charge is 2.54. The van der Waals surface area contributed by atoms with Crippen molar-refractivity contribution in [1.29, 1.82) is 0 Å². The normalized spacial score (nSPS) is 20.5. The number of thioether (sulfide) groups is 1. The van der Waals surface area contributed by atoms with Crippen LogP contribution in [0.5, 0.6) is 0 Å². The van der Waals surface area contributed by atoms with E-state index in [0.717, 1.165) is 23.2 Å². The number of fused-ring (bicyclic) bond motifs is 1. The maximum absolute atomic E-state index is 12.7. The second-order valence-corrected chi connectivity index (χ2v) is 7.83. The van der Waals surface area contributed by atoms with E-state index in [1.165, 1.54) is 23.2 Å². The number of hydrogen-bond acceptors (Lipinski definition) is 10. The number of oxime groups is 1. The second kappa shape index (κ2) is 9.28. The van der Waals surface area contributed by atoms with Gasteiger partial charge in [0.1, 0.15) is 22.8 Å². The summed E-state index contributed by atoms with van der Waals surface area (Å²) in [6.45, 7) is 4.68. The monoisotopic (exact) mass is 473 g/mol. The Bertz CT molecular complexity index is 991. The number of nitrogens with zero attached hydrogens (tertiary/aromatic N) is 3. The van der Waals surface area contributed by atoms with Gasteiger partial charge >= 0.3 is 11.9 Å². The van der Waals surface area contributed by atoms with Crippen molar-refractivity contribution in [2.75, 3.05) is 11.5 Å².